The second-order valence-electron chi connectivity index (χ2n) is 4.73. The Labute approximate surface area is 122 Å². The van der Waals surface area contributed by atoms with Crippen molar-refractivity contribution in [3.63, 3.8) is 0 Å². The third-order valence-corrected chi connectivity index (χ3v) is 3.91. The summed E-state index contributed by atoms with van der Waals surface area (Å²) >= 11 is 3.46. The minimum atomic E-state index is -0.838. The molecule has 0 radical (unpaired) electrons. The molecule has 3 nitrogen and oxygen atoms in total. The molecule has 0 bridgehead atoms. The van der Waals surface area contributed by atoms with E-state index < -0.39 is 5.97 Å². The quantitative estimate of drug-likeness (QED) is 0.853. The lowest BCUT2D eigenvalue weighted by Crippen LogP contribution is -2.18. The van der Waals surface area contributed by atoms with Crippen LogP contribution in [0.5, 0.6) is 0 Å². The Morgan fingerprint density at radius 2 is 2.11 bits per heavy atom. The van der Waals surface area contributed by atoms with Gasteiger partial charge in [0, 0.05) is 28.8 Å². The van der Waals surface area contributed by atoms with Crippen LogP contribution in [0.25, 0.3) is 6.08 Å². The Morgan fingerprint density at radius 3 is 2.68 bits per heavy atom. The number of rotatable bonds is 4. The minimum Gasteiger partial charge on any atom is -0.478 e. The van der Waals surface area contributed by atoms with Gasteiger partial charge in [-0.2, -0.15) is 0 Å². The summed E-state index contributed by atoms with van der Waals surface area (Å²) in [6.07, 6.45) is 4.74. The first-order chi connectivity index (χ1) is 9.11. The van der Waals surface area contributed by atoms with E-state index in [1.165, 1.54) is 12.8 Å². The summed E-state index contributed by atoms with van der Waals surface area (Å²) in [6, 6.07) is 6.07. The maximum absolute atomic E-state index is 11.2. The number of carboxylic acids is 1. The van der Waals surface area contributed by atoms with Crippen molar-refractivity contribution < 1.29 is 9.90 Å². The molecule has 0 unspecified atom stereocenters. The fraction of sp³-hybridized carbons (Fsp3) is 0.400. The zero-order valence-corrected chi connectivity index (χ0v) is 12.6. The van der Waals surface area contributed by atoms with Gasteiger partial charge in [0.25, 0.3) is 0 Å². The lowest BCUT2D eigenvalue weighted by molar-refractivity contribution is -0.132. The number of carboxylic acid groups (broad SMARTS) is 1. The van der Waals surface area contributed by atoms with Crippen LogP contribution in [-0.4, -0.2) is 24.2 Å². The van der Waals surface area contributed by atoms with Crippen LogP contribution < -0.4 is 4.90 Å². The molecule has 0 atom stereocenters. The van der Waals surface area contributed by atoms with E-state index in [-0.39, 0.29) is 0 Å². The number of hydrogen-bond acceptors (Lipinski definition) is 2. The van der Waals surface area contributed by atoms with Crippen LogP contribution in [0.15, 0.2) is 28.2 Å². The maximum atomic E-state index is 11.2. The van der Waals surface area contributed by atoms with Crippen LogP contribution in [0.4, 0.5) is 5.69 Å². The molecule has 4 heteroatoms. The van der Waals surface area contributed by atoms with Gasteiger partial charge in [-0.3, -0.25) is 0 Å². The Hall–Kier alpha value is -1.29. The summed E-state index contributed by atoms with van der Waals surface area (Å²) in [4.78, 5) is 13.5. The Kier molecular flexibility index (Phi) is 4.64. The van der Waals surface area contributed by atoms with Gasteiger partial charge in [-0.1, -0.05) is 22.9 Å². The molecule has 1 aromatic rings. The largest absolute Gasteiger partial charge is 0.478 e. The van der Waals surface area contributed by atoms with Gasteiger partial charge in [0.1, 0.15) is 0 Å². The number of aliphatic carboxylic acids is 1. The Balaban J connectivity index is 2.42. The molecule has 1 aliphatic heterocycles. The molecule has 102 valence electrons. The van der Waals surface area contributed by atoms with Crippen LogP contribution in [0.3, 0.4) is 0 Å². The van der Waals surface area contributed by atoms with Gasteiger partial charge in [-0.15, -0.1) is 0 Å². The lowest BCUT2D eigenvalue weighted by Gasteiger charge is -2.20. The molecule has 1 aromatic carbocycles. The number of benzene rings is 1. The summed E-state index contributed by atoms with van der Waals surface area (Å²) in [5, 5.41) is 9.17. The smallest absolute Gasteiger partial charge is 0.331 e. The van der Waals surface area contributed by atoms with Gasteiger partial charge in [-0.25, -0.2) is 4.79 Å². The molecule has 1 N–H and O–H groups in total. The van der Waals surface area contributed by atoms with E-state index in [0.29, 0.717) is 12.0 Å². The molecule has 1 heterocycles. The van der Waals surface area contributed by atoms with E-state index in [1.807, 2.05) is 19.1 Å². The highest BCUT2D eigenvalue weighted by Gasteiger charge is 2.16. The molecule has 0 aromatic heterocycles. The summed E-state index contributed by atoms with van der Waals surface area (Å²) in [6.45, 7) is 3.97. The highest BCUT2D eigenvalue weighted by molar-refractivity contribution is 9.10. The van der Waals surface area contributed by atoms with Gasteiger partial charge < -0.3 is 10.0 Å². The van der Waals surface area contributed by atoms with Crippen LogP contribution in [-0.2, 0) is 4.79 Å². The van der Waals surface area contributed by atoms with Crippen LogP contribution in [0.1, 0.15) is 31.7 Å². The SMILES string of the molecule is CCC(=Cc1cc(Br)ccc1N1CCCC1)C(=O)O. The standard InChI is InChI=1S/C15H18BrNO2/c1-2-11(15(18)19)9-12-10-13(16)5-6-14(12)17-7-3-4-8-17/h5-6,9-10H,2-4,7-8H2,1H3,(H,18,19). The van der Waals surface area contributed by atoms with Crippen LogP contribution in [0, 0.1) is 0 Å². The molecular weight excluding hydrogens is 306 g/mol. The van der Waals surface area contributed by atoms with E-state index in [0.717, 1.165) is 28.8 Å². The van der Waals surface area contributed by atoms with Gasteiger partial charge in [0.05, 0.1) is 0 Å². The van der Waals surface area contributed by atoms with E-state index >= 15 is 0 Å². The molecule has 2 rings (SSSR count). The summed E-state index contributed by atoms with van der Waals surface area (Å²) in [5.74, 6) is -0.838. The normalized spacial score (nSPS) is 15.9. The monoisotopic (exact) mass is 323 g/mol. The summed E-state index contributed by atoms with van der Waals surface area (Å²) in [7, 11) is 0. The number of halogens is 1. The van der Waals surface area contributed by atoms with Crippen molar-refractivity contribution >= 4 is 33.7 Å². The van der Waals surface area contributed by atoms with E-state index in [9.17, 15) is 4.79 Å². The zero-order valence-electron chi connectivity index (χ0n) is 11.0. The van der Waals surface area contributed by atoms with E-state index in [1.54, 1.807) is 6.08 Å². The average Bonchev–Trinajstić information content (AvgIpc) is 2.89. The molecule has 1 saturated heterocycles. The van der Waals surface area contributed by atoms with E-state index in [4.69, 9.17) is 5.11 Å². The van der Waals surface area contributed by atoms with Gasteiger partial charge in [0.15, 0.2) is 0 Å². The lowest BCUT2D eigenvalue weighted by atomic mass is 10.1. The molecule has 0 saturated carbocycles. The van der Waals surface area contributed by atoms with Gasteiger partial charge in [-0.05, 0) is 49.1 Å². The fourth-order valence-electron chi connectivity index (χ4n) is 2.39. The van der Waals surface area contributed by atoms with Crippen molar-refractivity contribution in [2.45, 2.75) is 26.2 Å². The van der Waals surface area contributed by atoms with Crippen molar-refractivity contribution in [3.05, 3.63) is 33.8 Å². The van der Waals surface area contributed by atoms with Crippen molar-refractivity contribution in [1.82, 2.24) is 0 Å². The van der Waals surface area contributed by atoms with Crippen LogP contribution in [0.2, 0.25) is 0 Å². The molecule has 1 fully saturated rings. The average molecular weight is 324 g/mol. The Morgan fingerprint density at radius 1 is 1.42 bits per heavy atom. The fourth-order valence-corrected chi connectivity index (χ4v) is 2.77. The number of anilines is 1. The maximum Gasteiger partial charge on any atom is 0.331 e. The first-order valence-electron chi connectivity index (χ1n) is 6.60. The third kappa shape index (κ3) is 3.38. The van der Waals surface area contributed by atoms with Crippen molar-refractivity contribution in [2.24, 2.45) is 0 Å². The highest BCUT2D eigenvalue weighted by atomic mass is 79.9. The van der Waals surface area contributed by atoms with Crippen molar-refractivity contribution in [1.29, 1.82) is 0 Å². The second kappa shape index (κ2) is 6.24. The predicted molar refractivity (Wildman–Crippen MR) is 81.5 cm³/mol. The zero-order chi connectivity index (χ0) is 13.8. The second-order valence-corrected chi connectivity index (χ2v) is 5.64. The van der Waals surface area contributed by atoms with Gasteiger partial charge >= 0.3 is 5.97 Å². The molecule has 0 spiro atoms. The number of hydrogen-bond donors (Lipinski definition) is 1. The number of nitrogens with zero attached hydrogens (tertiary/aromatic N) is 1. The summed E-state index contributed by atoms with van der Waals surface area (Å²) in [5.41, 5.74) is 2.56. The summed E-state index contributed by atoms with van der Waals surface area (Å²) < 4.78 is 0.975. The molecule has 0 amide bonds. The predicted octanol–water partition coefficient (Wildman–Crippen LogP) is 3.93. The third-order valence-electron chi connectivity index (χ3n) is 3.42. The van der Waals surface area contributed by atoms with Crippen molar-refractivity contribution in [3.8, 4) is 0 Å². The first kappa shape index (κ1) is 14.1. The molecule has 1 aliphatic rings. The Bertz CT molecular complexity index is 505. The topological polar surface area (TPSA) is 40.5 Å². The van der Waals surface area contributed by atoms with Gasteiger partial charge in [0.2, 0.25) is 0 Å². The van der Waals surface area contributed by atoms with Crippen molar-refractivity contribution in [2.75, 3.05) is 18.0 Å². The highest BCUT2D eigenvalue weighted by Crippen LogP contribution is 2.29. The van der Waals surface area contributed by atoms with E-state index in [2.05, 4.69) is 26.9 Å². The van der Waals surface area contributed by atoms with Crippen LogP contribution >= 0.6 is 15.9 Å². The molecular formula is C15H18BrNO2. The molecule has 19 heavy (non-hydrogen) atoms. The first-order valence-corrected chi connectivity index (χ1v) is 7.39. The number of carbonyl (C=O) groups is 1. The molecule has 0 aliphatic carbocycles. The minimum absolute atomic E-state index is 0.443.